The van der Waals surface area contributed by atoms with Crippen LogP contribution in [0.5, 0.6) is 5.75 Å². The monoisotopic (exact) mass is 375 g/mol. The minimum absolute atomic E-state index is 0.0149. The lowest BCUT2D eigenvalue weighted by molar-refractivity contribution is 0.0941. The number of aromatic hydroxyl groups is 1. The highest BCUT2D eigenvalue weighted by Crippen LogP contribution is 2.48. The predicted octanol–water partition coefficient (Wildman–Crippen LogP) is 3.45. The zero-order chi connectivity index (χ0) is 13.2. The number of rotatable bonds is 5. The molecule has 0 heterocycles. The molecule has 1 fully saturated rings. The van der Waals surface area contributed by atoms with Gasteiger partial charge in [-0.05, 0) is 42.9 Å². The minimum atomic E-state index is -0.213. The second-order valence-electron chi connectivity index (χ2n) is 4.78. The van der Waals surface area contributed by atoms with E-state index in [1.165, 1.54) is 18.9 Å². The predicted molar refractivity (Wildman–Crippen MR) is 78.2 cm³/mol. The molecule has 3 nitrogen and oxygen atoms in total. The van der Waals surface area contributed by atoms with Crippen LogP contribution in [0.4, 0.5) is 0 Å². The molecule has 1 aliphatic carbocycles. The number of benzene rings is 1. The molecule has 98 valence electrons. The zero-order valence-electron chi connectivity index (χ0n) is 9.88. The Morgan fingerprint density at radius 3 is 2.78 bits per heavy atom. The number of hydrogen-bond donors (Lipinski definition) is 2. The van der Waals surface area contributed by atoms with E-state index in [4.69, 9.17) is 0 Å². The molecular weight excluding hydrogens is 362 g/mol. The van der Waals surface area contributed by atoms with Crippen LogP contribution in [0.1, 0.15) is 29.6 Å². The average Bonchev–Trinajstić information content (AvgIpc) is 3.10. The number of phenols is 1. The van der Waals surface area contributed by atoms with Gasteiger partial charge in [-0.3, -0.25) is 4.79 Å². The van der Waals surface area contributed by atoms with Gasteiger partial charge in [0.2, 0.25) is 0 Å². The van der Waals surface area contributed by atoms with Gasteiger partial charge in [-0.25, -0.2) is 0 Å². The summed E-state index contributed by atoms with van der Waals surface area (Å²) in [5.74, 6) is -0.198. The van der Waals surface area contributed by atoms with Gasteiger partial charge in [0, 0.05) is 16.3 Å². The summed E-state index contributed by atoms with van der Waals surface area (Å²) in [6.07, 6.45) is 3.42. The van der Waals surface area contributed by atoms with Crippen LogP contribution in [0.2, 0.25) is 0 Å². The third-order valence-corrected chi connectivity index (χ3v) is 4.30. The smallest absolute Gasteiger partial charge is 0.255 e. The van der Waals surface area contributed by atoms with Crippen molar-refractivity contribution in [3.05, 3.63) is 28.2 Å². The Balaban J connectivity index is 1.98. The summed E-state index contributed by atoms with van der Waals surface area (Å²) in [6, 6.07) is 4.86. The van der Waals surface area contributed by atoms with E-state index < -0.39 is 0 Å². The Hall–Kier alpha value is -0.550. The van der Waals surface area contributed by atoms with Crippen LogP contribution in [0.3, 0.4) is 0 Å². The molecule has 1 aliphatic rings. The average molecular weight is 377 g/mol. The van der Waals surface area contributed by atoms with Crippen molar-refractivity contribution in [3.63, 3.8) is 0 Å². The van der Waals surface area contributed by atoms with Crippen LogP contribution in [0.15, 0.2) is 22.7 Å². The summed E-state index contributed by atoms with van der Waals surface area (Å²) in [5, 5.41) is 13.5. The van der Waals surface area contributed by atoms with Gasteiger partial charge in [0.15, 0.2) is 0 Å². The van der Waals surface area contributed by atoms with Crippen molar-refractivity contribution < 1.29 is 9.90 Å². The van der Waals surface area contributed by atoms with Crippen LogP contribution in [-0.4, -0.2) is 22.9 Å². The molecule has 0 atom stereocenters. The van der Waals surface area contributed by atoms with Gasteiger partial charge in [-0.1, -0.05) is 31.9 Å². The maximum absolute atomic E-state index is 12.0. The van der Waals surface area contributed by atoms with Gasteiger partial charge in [0.1, 0.15) is 5.75 Å². The second-order valence-corrected chi connectivity index (χ2v) is 6.49. The minimum Gasteiger partial charge on any atom is -0.507 e. The molecule has 0 spiro atoms. The standard InChI is InChI=1S/C13H15Br2NO2/c14-6-5-13(3-4-13)8-16-12(18)10-7-9(15)1-2-11(10)17/h1-2,7,17H,3-6,8H2,(H,16,18). The Morgan fingerprint density at radius 1 is 1.44 bits per heavy atom. The molecule has 1 amide bonds. The first kappa shape index (κ1) is 13.9. The third-order valence-electron chi connectivity index (χ3n) is 3.41. The molecule has 1 aromatic carbocycles. The van der Waals surface area contributed by atoms with E-state index in [2.05, 4.69) is 37.2 Å². The van der Waals surface area contributed by atoms with Crippen LogP contribution < -0.4 is 5.32 Å². The van der Waals surface area contributed by atoms with E-state index in [0.717, 1.165) is 16.2 Å². The summed E-state index contributed by atoms with van der Waals surface area (Å²) in [7, 11) is 0. The van der Waals surface area contributed by atoms with Crippen molar-refractivity contribution in [2.75, 3.05) is 11.9 Å². The van der Waals surface area contributed by atoms with Gasteiger partial charge < -0.3 is 10.4 Å². The number of phenolic OH excluding ortho intramolecular Hbond substituents is 1. The SMILES string of the molecule is O=C(NCC1(CCBr)CC1)c1cc(Br)ccc1O. The van der Waals surface area contributed by atoms with Gasteiger partial charge in [0.25, 0.3) is 5.91 Å². The fraction of sp³-hybridized carbons (Fsp3) is 0.462. The molecule has 5 heteroatoms. The molecule has 0 aliphatic heterocycles. The van der Waals surface area contributed by atoms with Crippen molar-refractivity contribution in [1.82, 2.24) is 5.32 Å². The van der Waals surface area contributed by atoms with Crippen LogP contribution in [0, 0.1) is 5.41 Å². The summed E-state index contributed by atoms with van der Waals surface area (Å²) in [5.41, 5.74) is 0.597. The summed E-state index contributed by atoms with van der Waals surface area (Å²) in [6.45, 7) is 0.684. The van der Waals surface area contributed by atoms with Gasteiger partial charge in [-0.15, -0.1) is 0 Å². The summed E-state index contributed by atoms with van der Waals surface area (Å²) in [4.78, 5) is 12.0. The van der Waals surface area contributed by atoms with E-state index in [-0.39, 0.29) is 17.1 Å². The van der Waals surface area contributed by atoms with E-state index in [9.17, 15) is 9.90 Å². The van der Waals surface area contributed by atoms with E-state index >= 15 is 0 Å². The van der Waals surface area contributed by atoms with Gasteiger partial charge in [-0.2, -0.15) is 0 Å². The van der Waals surface area contributed by atoms with Gasteiger partial charge in [0.05, 0.1) is 5.56 Å². The molecule has 1 aromatic rings. The largest absolute Gasteiger partial charge is 0.507 e. The Labute approximate surface area is 123 Å². The highest BCUT2D eigenvalue weighted by Gasteiger charge is 2.41. The fourth-order valence-corrected chi connectivity index (χ4v) is 3.15. The lowest BCUT2D eigenvalue weighted by Crippen LogP contribution is -2.30. The summed E-state index contributed by atoms with van der Waals surface area (Å²) >= 11 is 6.73. The molecule has 0 saturated heterocycles. The first-order chi connectivity index (χ1) is 8.56. The van der Waals surface area contributed by atoms with Crippen molar-refractivity contribution in [2.45, 2.75) is 19.3 Å². The molecule has 2 rings (SSSR count). The maximum Gasteiger partial charge on any atom is 0.255 e. The van der Waals surface area contributed by atoms with Crippen LogP contribution in [-0.2, 0) is 0 Å². The fourth-order valence-electron chi connectivity index (χ4n) is 1.95. The molecule has 0 radical (unpaired) electrons. The first-order valence-electron chi connectivity index (χ1n) is 5.89. The van der Waals surface area contributed by atoms with Crippen molar-refractivity contribution in [1.29, 1.82) is 0 Å². The first-order valence-corrected chi connectivity index (χ1v) is 7.80. The maximum atomic E-state index is 12.0. The number of nitrogens with one attached hydrogen (secondary N) is 1. The number of amides is 1. The molecule has 0 aromatic heterocycles. The molecule has 0 bridgehead atoms. The number of carbonyl (C=O) groups excluding carboxylic acids is 1. The Morgan fingerprint density at radius 2 is 2.17 bits per heavy atom. The number of halogens is 2. The van der Waals surface area contributed by atoms with Crippen LogP contribution >= 0.6 is 31.9 Å². The number of hydrogen-bond acceptors (Lipinski definition) is 2. The highest BCUT2D eigenvalue weighted by molar-refractivity contribution is 9.10. The molecular formula is C13H15Br2NO2. The molecule has 1 saturated carbocycles. The number of carbonyl (C=O) groups is 1. The molecule has 0 unspecified atom stereocenters. The van der Waals surface area contributed by atoms with Crippen LogP contribution in [0.25, 0.3) is 0 Å². The van der Waals surface area contributed by atoms with Gasteiger partial charge >= 0.3 is 0 Å². The highest BCUT2D eigenvalue weighted by atomic mass is 79.9. The van der Waals surface area contributed by atoms with Crippen molar-refractivity contribution in [3.8, 4) is 5.75 Å². The second kappa shape index (κ2) is 5.61. The summed E-state index contributed by atoms with van der Waals surface area (Å²) < 4.78 is 0.784. The molecule has 18 heavy (non-hydrogen) atoms. The van der Waals surface area contributed by atoms with Crippen molar-refractivity contribution >= 4 is 37.8 Å². The number of alkyl halides is 1. The topological polar surface area (TPSA) is 49.3 Å². The Bertz CT molecular complexity index is 458. The lowest BCUT2D eigenvalue weighted by atomic mass is 10.0. The van der Waals surface area contributed by atoms with E-state index in [1.54, 1.807) is 12.1 Å². The van der Waals surface area contributed by atoms with E-state index in [1.807, 2.05) is 0 Å². The Kier molecular flexibility index (Phi) is 4.33. The zero-order valence-corrected chi connectivity index (χ0v) is 13.1. The normalized spacial score (nSPS) is 16.3. The lowest BCUT2D eigenvalue weighted by Gasteiger charge is -2.15. The third kappa shape index (κ3) is 3.26. The van der Waals surface area contributed by atoms with E-state index in [0.29, 0.717) is 12.1 Å². The quantitative estimate of drug-likeness (QED) is 0.773. The molecule has 2 N–H and O–H groups in total. The van der Waals surface area contributed by atoms with Crippen molar-refractivity contribution in [2.24, 2.45) is 5.41 Å².